The number of hydrogen-bond donors (Lipinski definition) is 2. The van der Waals surface area contributed by atoms with Gasteiger partial charge >= 0.3 is 0 Å². The van der Waals surface area contributed by atoms with Crippen LogP contribution in [0.4, 0.5) is 0 Å². The lowest BCUT2D eigenvalue weighted by Crippen LogP contribution is -2.52. The second kappa shape index (κ2) is 8.15. The van der Waals surface area contributed by atoms with E-state index >= 15 is 0 Å². The molecule has 0 bridgehead atoms. The molecule has 0 aromatic heterocycles. The first-order valence-corrected chi connectivity index (χ1v) is 8.81. The van der Waals surface area contributed by atoms with E-state index in [9.17, 15) is 8.42 Å². The van der Waals surface area contributed by atoms with Crippen molar-refractivity contribution in [2.24, 2.45) is 0 Å². The van der Waals surface area contributed by atoms with Crippen molar-refractivity contribution in [2.45, 2.75) is 23.3 Å². The second-order valence-electron chi connectivity index (χ2n) is 5.17. The van der Waals surface area contributed by atoms with Gasteiger partial charge in [-0.1, -0.05) is 23.2 Å². The Morgan fingerprint density at radius 1 is 1.32 bits per heavy atom. The van der Waals surface area contributed by atoms with Crippen molar-refractivity contribution in [2.75, 3.05) is 26.8 Å². The maximum Gasteiger partial charge on any atom is 0.240 e. The van der Waals surface area contributed by atoms with Crippen LogP contribution in [0.25, 0.3) is 0 Å². The van der Waals surface area contributed by atoms with Crippen LogP contribution in [-0.2, 0) is 14.8 Å². The molecule has 1 aliphatic heterocycles. The lowest BCUT2D eigenvalue weighted by Gasteiger charge is -2.28. The summed E-state index contributed by atoms with van der Waals surface area (Å²) in [6.07, 6.45) is 1.85. The molecule has 2 N–H and O–H groups in total. The van der Waals surface area contributed by atoms with Crippen molar-refractivity contribution in [3.05, 3.63) is 28.2 Å². The van der Waals surface area contributed by atoms with Crippen molar-refractivity contribution in [1.29, 1.82) is 0 Å². The van der Waals surface area contributed by atoms with Gasteiger partial charge in [-0.3, -0.25) is 0 Å². The third-order valence-corrected chi connectivity index (χ3v) is 5.32. The van der Waals surface area contributed by atoms with Gasteiger partial charge in [0.25, 0.3) is 0 Å². The van der Waals surface area contributed by atoms with Crippen LogP contribution in [0.15, 0.2) is 23.1 Å². The Bertz CT molecular complexity index is 584. The Balaban J connectivity index is 0.00000242. The number of nitrogens with one attached hydrogen (secondary N) is 2. The number of hydrogen-bond acceptors (Lipinski definition) is 4. The minimum Gasteiger partial charge on any atom is -0.383 e. The van der Waals surface area contributed by atoms with Crippen LogP contribution in [0, 0.1) is 0 Å². The number of methoxy groups -OCH3 is 1. The third kappa shape index (κ3) is 4.96. The highest BCUT2D eigenvalue weighted by atomic mass is 35.5. The fraction of sp³-hybridized carbons (Fsp3) is 0.538. The summed E-state index contributed by atoms with van der Waals surface area (Å²) in [5.74, 6) is 0. The zero-order valence-corrected chi connectivity index (χ0v) is 15.2. The van der Waals surface area contributed by atoms with E-state index in [-0.39, 0.29) is 39.4 Å². The van der Waals surface area contributed by atoms with Gasteiger partial charge < -0.3 is 10.1 Å². The fourth-order valence-corrected chi connectivity index (χ4v) is 4.32. The molecule has 5 nitrogen and oxygen atoms in total. The van der Waals surface area contributed by atoms with Gasteiger partial charge in [-0.2, -0.15) is 0 Å². The van der Waals surface area contributed by atoms with Crippen LogP contribution in [0.1, 0.15) is 12.8 Å². The lowest BCUT2D eigenvalue weighted by molar-refractivity contribution is 0.122. The summed E-state index contributed by atoms with van der Waals surface area (Å²) in [5.41, 5.74) is -0.357. The van der Waals surface area contributed by atoms with Crippen molar-refractivity contribution < 1.29 is 13.2 Å². The summed E-state index contributed by atoms with van der Waals surface area (Å²) in [5, 5.41) is 3.89. The molecule has 2 rings (SSSR count). The number of ether oxygens (including phenoxy) is 1. The average Bonchev–Trinajstić information content (AvgIpc) is 2.85. The summed E-state index contributed by atoms with van der Waals surface area (Å²) in [6, 6.07) is 4.24. The van der Waals surface area contributed by atoms with Crippen molar-refractivity contribution in [3.8, 4) is 0 Å². The second-order valence-corrected chi connectivity index (χ2v) is 7.81. The molecule has 1 fully saturated rings. The topological polar surface area (TPSA) is 67.4 Å². The van der Waals surface area contributed by atoms with Crippen molar-refractivity contribution >= 4 is 45.6 Å². The van der Waals surface area contributed by atoms with E-state index in [1.807, 2.05) is 0 Å². The van der Waals surface area contributed by atoms with E-state index in [2.05, 4.69) is 10.0 Å². The summed E-state index contributed by atoms with van der Waals surface area (Å²) < 4.78 is 32.5. The predicted octanol–water partition coefficient (Wildman–Crippen LogP) is 2.46. The summed E-state index contributed by atoms with van der Waals surface area (Å²) in [6.45, 7) is 1.56. The zero-order valence-electron chi connectivity index (χ0n) is 12.1. The summed E-state index contributed by atoms with van der Waals surface area (Å²) in [7, 11) is -2.06. The molecule has 0 aliphatic carbocycles. The van der Waals surface area contributed by atoms with Gasteiger partial charge in [0.1, 0.15) is 0 Å². The Labute approximate surface area is 147 Å². The number of halogens is 3. The molecule has 1 aliphatic rings. The molecular formula is C13H19Cl3N2O3S. The normalized spacial score (nSPS) is 21.6. The molecule has 22 heavy (non-hydrogen) atoms. The van der Waals surface area contributed by atoms with Crippen LogP contribution >= 0.6 is 35.6 Å². The van der Waals surface area contributed by atoms with Crippen LogP contribution in [0.3, 0.4) is 0 Å². The number of benzene rings is 1. The highest BCUT2D eigenvalue weighted by Crippen LogP contribution is 2.23. The summed E-state index contributed by atoms with van der Waals surface area (Å²) >= 11 is 11.7. The van der Waals surface area contributed by atoms with Crippen molar-refractivity contribution in [1.82, 2.24) is 10.0 Å². The minimum atomic E-state index is -3.66. The molecule has 126 valence electrons. The standard InChI is InChI=1S/C13H18Cl2N2O3S.ClH/c1-20-9-13(3-2-4-16-13)8-17-21(18,19)12-6-10(14)5-11(15)7-12;/h5-7,16-17H,2-4,8-9H2,1H3;1H. The van der Waals surface area contributed by atoms with Gasteiger partial charge in [0.2, 0.25) is 10.0 Å². The molecule has 0 spiro atoms. The maximum atomic E-state index is 12.3. The quantitative estimate of drug-likeness (QED) is 0.784. The first kappa shape index (κ1) is 20.0. The molecule has 0 saturated carbocycles. The van der Waals surface area contributed by atoms with E-state index in [1.54, 1.807) is 7.11 Å². The maximum absolute atomic E-state index is 12.3. The Morgan fingerprint density at radius 3 is 2.45 bits per heavy atom. The fourth-order valence-electron chi connectivity index (χ4n) is 2.47. The monoisotopic (exact) mass is 388 g/mol. The molecule has 1 atom stereocenters. The summed E-state index contributed by atoms with van der Waals surface area (Å²) in [4.78, 5) is 0.0607. The molecule has 1 aromatic carbocycles. The van der Waals surface area contributed by atoms with Gasteiger partial charge in [-0.05, 0) is 37.6 Å². The predicted molar refractivity (Wildman–Crippen MR) is 90.7 cm³/mol. The van der Waals surface area contributed by atoms with Crippen LogP contribution in [0.2, 0.25) is 10.0 Å². The molecule has 0 amide bonds. The molecule has 1 saturated heterocycles. The Kier molecular flexibility index (Phi) is 7.39. The Hall–Kier alpha value is -0.0800. The highest BCUT2D eigenvalue weighted by molar-refractivity contribution is 7.89. The molecule has 1 heterocycles. The van der Waals surface area contributed by atoms with E-state index in [0.29, 0.717) is 6.61 Å². The molecular weight excluding hydrogens is 371 g/mol. The van der Waals surface area contributed by atoms with Crippen LogP contribution in [0.5, 0.6) is 0 Å². The van der Waals surface area contributed by atoms with E-state index in [0.717, 1.165) is 19.4 Å². The zero-order chi connectivity index (χ0) is 15.5. The first-order chi connectivity index (χ1) is 9.87. The van der Waals surface area contributed by atoms with Gasteiger partial charge in [0.15, 0.2) is 0 Å². The van der Waals surface area contributed by atoms with Crippen molar-refractivity contribution in [3.63, 3.8) is 0 Å². The van der Waals surface area contributed by atoms with E-state index < -0.39 is 10.0 Å². The Morgan fingerprint density at radius 2 is 1.95 bits per heavy atom. The lowest BCUT2D eigenvalue weighted by atomic mass is 9.99. The molecule has 1 unspecified atom stereocenters. The third-order valence-electron chi connectivity index (χ3n) is 3.50. The molecule has 0 radical (unpaired) electrons. The van der Waals surface area contributed by atoms with Gasteiger partial charge in [-0.15, -0.1) is 12.4 Å². The molecule has 9 heteroatoms. The number of sulfonamides is 1. The average molecular weight is 390 g/mol. The highest BCUT2D eigenvalue weighted by Gasteiger charge is 2.34. The van der Waals surface area contributed by atoms with Gasteiger partial charge in [0.05, 0.1) is 17.0 Å². The largest absolute Gasteiger partial charge is 0.383 e. The molecule has 1 aromatic rings. The van der Waals surface area contributed by atoms with Crippen LogP contribution < -0.4 is 10.0 Å². The number of rotatable bonds is 6. The van der Waals surface area contributed by atoms with Gasteiger partial charge in [0, 0.05) is 23.7 Å². The van der Waals surface area contributed by atoms with Crippen LogP contribution in [-0.4, -0.2) is 40.8 Å². The minimum absolute atomic E-state index is 0. The first-order valence-electron chi connectivity index (χ1n) is 6.57. The SMILES string of the molecule is COCC1(CNS(=O)(=O)c2cc(Cl)cc(Cl)c2)CCCN1.Cl. The van der Waals surface area contributed by atoms with E-state index in [1.165, 1.54) is 18.2 Å². The van der Waals surface area contributed by atoms with Gasteiger partial charge in [-0.25, -0.2) is 13.1 Å². The van der Waals surface area contributed by atoms with E-state index in [4.69, 9.17) is 27.9 Å². The smallest absolute Gasteiger partial charge is 0.240 e.